The summed E-state index contributed by atoms with van der Waals surface area (Å²) in [6, 6.07) is 0. The summed E-state index contributed by atoms with van der Waals surface area (Å²) >= 11 is 0. The van der Waals surface area contributed by atoms with Gasteiger partial charge >= 0.3 is 0 Å². The van der Waals surface area contributed by atoms with Gasteiger partial charge in [0.25, 0.3) is 0 Å². The maximum atomic E-state index is 12.0. The van der Waals surface area contributed by atoms with Crippen LogP contribution in [0.5, 0.6) is 0 Å². The van der Waals surface area contributed by atoms with E-state index in [4.69, 9.17) is 5.73 Å². The first-order valence-electron chi connectivity index (χ1n) is 8.78. The van der Waals surface area contributed by atoms with E-state index in [9.17, 15) is 9.90 Å². The summed E-state index contributed by atoms with van der Waals surface area (Å²) in [7, 11) is 0. The third kappa shape index (κ3) is 7.28. The molecule has 0 aromatic rings. The number of aliphatic hydroxyl groups excluding tert-OH is 1. The van der Waals surface area contributed by atoms with Crippen LogP contribution in [0.4, 0.5) is 0 Å². The van der Waals surface area contributed by atoms with Crippen molar-refractivity contribution < 1.29 is 9.90 Å². The average molecular weight is 298 g/mol. The third-order valence-corrected chi connectivity index (χ3v) is 4.91. The highest BCUT2D eigenvalue weighted by Crippen LogP contribution is 2.29. The van der Waals surface area contributed by atoms with E-state index < -0.39 is 0 Å². The zero-order chi connectivity index (χ0) is 15.5. The zero-order valence-corrected chi connectivity index (χ0v) is 13.7. The van der Waals surface area contributed by atoms with Gasteiger partial charge in [-0.2, -0.15) is 0 Å². The van der Waals surface area contributed by atoms with Crippen molar-refractivity contribution in [2.45, 2.75) is 64.7 Å². The Morgan fingerprint density at radius 2 is 1.95 bits per heavy atom. The predicted octanol–water partition coefficient (Wildman–Crippen LogP) is 2.45. The molecule has 3 unspecified atom stereocenters. The summed E-state index contributed by atoms with van der Waals surface area (Å²) in [4.78, 5) is 12.0. The van der Waals surface area contributed by atoms with Crippen molar-refractivity contribution in [1.82, 2.24) is 5.32 Å². The molecule has 0 aromatic heterocycles. The van der Waals surface area contributed by atoms with Crippen LogP contribution in [0.1, 0.15) is 64.7 Å². The minimum atomic E-state index is 0.162. The van der Waals surface area contributed by atoms with Gasteiger partial charge in [0, 0.05) is 19.6 Å². The van der Waals surface area contributed by atoms with E-state index in [0.29, 0.717) is 30.7 Å². The van der Waals surface area contributed by atoms with Crippen molar-refractivity contribution in [3.63, 3.8) is 0 Å². The molecule has 0 saturated heterocycles. The largest absolute Gasteiger partial charge is 0.396 e. The molecule has 4 N–H and O–H groups in total. The van der Waals surface area contributed by atoms with Crippen LogP contribution in [0, 0.1) is 17.8 Å². The minimum absolute atomic E-state index is 0.162. The maximum absolute atomic E-state index is 12.0. The van der Waals surface area contributed by atoms with Crippen LogP contribution in [-0.2, 0) is 4.79 Å². The second-order valence-electron chi connectivity index (χ2n) is 6.56. The summed E-state index contributed by atoms with van der Waals surface area (Å²) in [5, 5.41) is 12.5. The molecule has 1 aliphatic carbocycles. The van der Waals surface area contributed by atoms with E-state index in [1.54, 1.807) is 0 Å². The molecule has 124 valence electrons. The lowest BCUT2D eigenvalue weighted by atomic mass is 9.79. The van der Waals surface area contributed by atoms with Crippen LogP contribution in [0.25, 0.3) is 0 Å². The summed E-state index contributed by atoms with van der Waals surface area (Å²) in [5.74, 6) is 1.59. The second-order valence-corrected chi connectivity index (χ2v) is 6.56. The van der Waals surface area contributed by atoms with Gasteiger partial charge in [0.15, 0.2) is 0 Å². The smallest absolute Gasteiger partial charge is 0.220 e. The molecule has 0 radical (unpaired) electrons. The van der Waals surface area contributed by atoms with E-state index in [-0.39, 0.29) is 12.5 Å². The van der Waals surface area contributed by atoms with Crippen LogP contribution >= 0.6 is 0 Å². The fourth-order valence-electron chi connectivity index (χ4n) is 3.54. The van der Waals surface area contributed by atoms with Crippen molar-refractivity contribution >= 4 is 5.91 Å². The molecular formula is C17H34N2O2. The van der Waals surface area contributed by atoms with Gasteiger partial charge in [0.05, 0.1) is 0 Å². The molecule has 0 spiro atoms. The summed E-state index contributed by atoms with van der Waals surface area (Å²) in [6.45, 7) is 3.89. The molecule has 4 heteroatoms. The molecule has 1 amide bonds. The minimum Gasteiger partial charge on any atom is -0.396 e. The van der Waals surface area contributed by atoms with Crippen LogP contribution in [0.15, 0.2) is 0 Å². The number of hydrogen-bond acceptors (Lipinski definition) is 3. The van der Waals surface area contributed by atoms with Crippen molar-refractivity contribution in [1.29, 1.82) is 0 Å². The number of nitrogens with two attached hydrogens (primary N) is 1. The molecule has 21 heavy (non-hydrogen) atoms. The van der Waals surface area contributed by atoms with Gasteiger partial charge in [0.2, 0.25) is 5.91 Å². The number of rotatable bonds is 10. The van der Waals surface area contributed by atoms with Gasteiger partial charge in [-0.15, -0.1) is 0 Å². The molecule has 3 atom stereocenters. The number of nitrogens with one attached hydrogen (secondary N) is 1. The molecule has 0 aliphatic heterocycles. The molecule has 0 aromatic carbocycles. The van der Waals surface area contributed by atoms with E-state index in [1.165, 1.54) is 19.3 Å². The standard InChI is InChI=1S/C17H34N2O2/c1-2-5-14(10-11-18)8-9-17(21)19-12-15-6-3-4-7-16(15)13-20/h14-16,20H,2-13,18H2,1H3,(H,19,21). The van der Waals surface area contributed by atoms with Crippen molar-refractivity contribution in [3.05, 3.63) is 0 Å². The van der Waals surface area contributed by atoms with Crippen molar-refractivity contribution in [2.75, 3.05) is 19.7 Å². The van der Waals surface area contributed by atoms with Crippen LogP contribution in [0.2, 0.25) is 0 Å². The first kappa shape index (κ1) is 18.4. The number of hydrogen-bond donors (Lipinski definition) is 3. The summed E-state index contributed by atoms with van der Waals surface area (Å²) < 4.78 is 0. The van der Waals surface area contributed by atoms with E-state index in [0.717, 1.165) is 38.6 Å². The summed E-state index contributed by atoms with van der Waals surface area (Å²) in [5.41, 5.74) is 5.63. The van der Waals surface area contributed by atoms with Gasteiger partial charge in [0.1, 0.15) is 0 Å². The fraction of sp³-hybridized carbons (Fsp3) is 0.941. The third-order valence-electron chi connectivity index (χ3n) is 4.91. The average Bonchev–Trinajstić information content (AvgIpc) is 2.51. The van der Waals surface area contributed by atoms with Crippen molar-refractivity contribution in [2.24, 2.45) is 23.5 Å². The molecule has 0 heterocycles. The lowest BCUT2D eigenvalue weighted by Gasteiger charge is -2.30. The number of carbonyl (C=O) groups is 1. The SMILES string of the molecule is CCCC(CCN)CCC(=O)NCC1CCCCC1CO. The quantitative estimate of drug-likeness (QED) is 0.580. The topological polar surface area (TPSA) is 75.4 Å². The van der Waals surface area contributed by atoms with Crippen LogP contribution in [0.3, 0.4) is 0 Å². The van der Waals surface area contributed by atoms with E-state index in [1.807, 2.05) is 0 Å². The summed E-state index contributed by atoms with van der Waals surface area (Å²) in [6.07, 6.45) is 9.59. The van der Waals surface area contributed by atoms with Gasteiger partial charge in [-0.3, -0.25) is 4.79 Å². The fourth-order valence-corrected chi connectivity index (χ4v) is 3.54. The molecule has 4 nitrogen and oxygen atoms in total. The lowest BCUT2D eigenvalue weighted by Crippen LogP contribution is -2.35. The molecule has 1 aliphatic rings. The molecule has 1 fully saturated rings. The van der Waals surface area contributed by atoms with Gasteiger partial charge < -0.3 is 16.2 Å². The second kappa shape index (κ2) is 11.0. The lowest BCUT2D eigenvalue weighted by molar-refractivity contribution is -0.121. The van der Waals surface area contributed by atoms with Crippen molar-refractivity contribution in [3.8, 4) is 0 Å². The highest BCUT2D eigenvalue weighted by Gasteiger charge is 2.24. The zero-order valence-electron chi connectivity index (χ0n) is 13.7. The predicted molar refractivity (Wildman–Crippen MR) is 86.8 cm³/mol. The van der Waals surface area contributed by atoms with Gasteiger partial charge in [-0.1, -0.05) is 32.6 Å². The number of amides is 1. The van der Waals surface area contributed by atoms with Gasteiger partial charge in [-0.05, 0) is 50.0 Å². The Kier molecular flexibility index (Phi) is 9.68. The highest BCUT2D eigenvalue weighted by molar-refractivity contribution is 5.75. The van der Waals surface area contributed by atoms with Crippen LogP contribution < -0.4 is 11.1 Å². The molecular weight excluding hydrogens is 264 g/mol. The maximum Gasteiger partial charge on any atom is 0.220 e. The van der Waals surface area contributed by atoms with Crippen LogP contribution in [-0.4, -0.2) is 30.7 Å². The first-order chi connectivity index (χ1) is 10.2. The number of aliphatic hydroxyl groups is 1. The van der Waals surface area contributed by atoms with E-state index in [2.05, 4.69) is 12.2 Å². The highest BCUT2D eigenvalue weighted by atomic mass is 16.3. The Balaban J connectivity index is 2.23. The molecule has 1 rings (SSSR count). The Morgan fingerprint density at radius 3 is 2.57 bits per heavy atom. The van der Waals surface area contributed by atoms with E-state index >= 15 is 0 Å². The normalized spacial score (nSPS) is 23.8. The Labute approximate surface area is 129 Å². The Hall–Kier alpha value is -0.610. The Bertz CT molecular complexity index is 278. The number of carbonyl (C=O) groups excluding carboxylic acids is 1. The first-order valence-corrected chi connectivity index (χ1v) is 8.78. The molecule has 1 saturated carbocycles. The monoisotopic (exact) mass is 298 g/mol. The van der Waals surface area contributed by atoms with Gasteiger partial charge in [-0.25, -0.2) is 0 Å². The Morgan fingerprint density at radius 1 is 1.24 bits per heavy atom. The molecule has 0 bridgehead atoms.